The number of methoxy groups -OCH3 is 1. The molecule has 0 bridgehead atoms. The molecule has 0 fully saturated rings. The second-order valence-corrected chi connectivity index (χ2v) is 10.5. The molecule has 0 aliphatic carbocycles. The van der Waals surface area contributed by atoms with E-state index >= 15 is 0 Å². The molecule has 0 aromatic heterocycles. The van der Waals surface area contributed by atoms with Crippen molar-refractivity contribution >= 4 is 10.0 Å². The summed E-state index contributed by atoms with van der Waals surface area (Å²) in [6.45, 7) is 4.30. The maximum Gasteiger partial charge on any atom is 0.247 e. The molecule has 0 radical (unpaired) electrons. The summed E-state index contributed by atoms with van der Waals surface area (Å²) in [5, 5.41) is 9.72. The highest BCUT2D eigenvalue weighted by Gasteiger charge is 2.37. The van der Waals surface area contributed by atoms with E-state index in [-0.39, 0.29) is 35.8 Å². The van der Waals surface area contributed by atoms with E-state index in [4.69, 9.17) is 9.47 Å². The van der Waals surface area contributed by atoms with Crippen LogP contribution < -0.4 is 9.47 Å². The molecule has 178 valence electrons. The average molecular weight is 473 g/mol. The molecule has 3 atom stereocenters. The Balaban J connectivity index is 2.09. The summed E-state index contributed by atoms with van der Waals surface area (Å²) >= 11 is 0. The van der Waals surface area contributed by atoms with Gasteiger partial charge >= 0.3 is 0 Å². The van der Waals surface area contributed by atoms with Gasteiger partial charge in [0.1, 0.15) is 22.5 Å². The van der Waals surface area contributed by atoms with Gasteiger partial charge in [0, 0.05) is 30.6 Å². The highest BCUT2D eigenvalue weighted by Crippen LogP contribution is 2.34. The van der Waals surface area contributed by atoms with Crippen molar-refractivity contribution in [3.05, 3.63) is 53.6 Å². The zero-order valence-electron chi connectivity index (χ0n) is 19.8. The van der Waals surface area contributed by atoms with Crippen molar-refractivity contribution in [2.45, 2.75) is 30.9 Å². The molecular formula is C25H32N2O5S. The molecule has 1 aliphatic rings. The van der Waals surface area contributed by atoms with Crippen molar-refractivity contribution in [3.8, 4) is 23.3 Å². The van der Waals surface area contributed by atoms with Crippen LogP contribution in [0.1, 0.15) is 25.0 Å². The molecule has 0 saturated carbocycles. The first kappa shape index (κ1) is 25.1. The predicted molar refractivity (Wildman–Crippen MR) is 128 cm³/mol. The van der Waals surface area contributed by atoms with E-state index in [0.29, 0.717) is 17.9 Å². The quantitative estimate of drug-likeness (QED) is 0.674. The van der Waals surface area contributed by atoms with E-state index in [1.165, 1.54) is 10.4 Å². The molecule has 3 rings (SSSR count). The van der Waals surface area contributed by atoms with Crippen molar-refractivity contribution in [1.29, 1.82) is 0 Å². The summed E-state index contributed by atoms with van der Waals surface area (Å²) in [5.74, 6) is 7.04. The normalized spacial score (nSPS) is 21.1. The highest BCUT2D eigenvalue weighted by atomic mass is 32.2. The number of ether oxygens (including phenoxy) is 2. The lowest BCUT2D eigenvalue weighted by molar-refractivity contribution is 0.0812. The first-order valence-corrected chi connectivity index (χ1v) is 12.3. The minimum atomic E-state index is -3.87. The summed E-state index contributed by atoms with van der Waals surface area (Å²) in [4.78, 5) is 2.10. The standard InChI is InChI=1S/C25H32N2O5S/c1-18-15-27(19(2)17-28)33(29,30)25-13-11-20(14-23(25)32-24(18)16-26(3)4)10-12-21-8-6-7-9-22(21)31-5/h6-9,11,13-14,18-19,24,28H,15-17H2,1-5H3/t18-,19+,24-/m1/s1. The average Bonchev–Trinajstić information content (AvgIpc) is 2.79. The second kappa shape index (κ2) is 10.6. The fourth-order valence-corrected chi connectivity index (χ4v) is 5.59. The first-order valence-electron chi connectivity index (χ1n) is 10.9. The fourth-order valence-electron chi connectivity index (χ4n) is 3.77. The largest absolute Gasteiger partial charge is 0.495 e. The number of benzene rings is 2. The van der Waals surface area contributed by atoms with Crippen molar-refractivity contribution < 1.29 is 23.0 Å². The van der Waals surface area contributed by atoms with Crippen molar-refractivity contribution in [3.63, 3.8) is 0 Å². The number of likely N-dealkylation sites (N-methyl/N-ethyl adjacent to an activating group) is 1. The van der Waals surface area contributed by atoms with Gasteiger partial charge in [-0.1, -0.05) is 30.9 Å². The van der Waals surface area contributed by atoms with Gasteiger partial charge in [-0.2, -0.15) is 4.31 Å². The minimum Gasteiger partial charge on any atom is -0.495 e. The summed E-state index contributed by atoms with van der Waals surface area (Å²) in [6.07, 6.45) is -0.236. The van der Waals surface area contributed by atoms with E-state index in [0.717, 1.165) is 5.56 Å². The Morgan fingerprint density at radius 2 is 1.97 bits per heavy atom. The van der Waals surface area contributed by atoms with Crippen LogP contribution in [-0.2, 0) is 10.0 Å². The van der Waals surface area contributed by atoms with Crippen LogP contribution in [0.25, 0.3) is 0 Å². The Morgan fingerprint density at radius 1 is 1.24 bits per heavy atom. The molecule has 2 aromatic rings. The molecule has 0 saturated heterocycles. The number of nitrogens with zero attached hydrogens (tertiary/aromatic N) is 2. The van der Waals surface area contributed by atoms with Crippen molar-refractivity contribution in [1.82, 2.24) is 9.21 Å². The Kier molecular flexibility index (Phi) is 8.03. The Bertz CT molecular complexity index is 1140. The topological polar surface area (TPSA) is 79.3 Å². The zero-order valence-corrected chi connectivity index (χ0v) is 20.6. The molecule has 1 heterocycles. The molecule has 1 aliphatic heterocycles. The SMILES string of the molecule is COc1ccccc1C#Cc1ccc2c(c1)O[C@H](CN(C)C)[C@H](C)CN([C@@H](C)CO)S2(=O)=O. The monoisotopic (exact) mass is 472 g/mol. The molecule has 8 heteroatoms. The van der Waals surface area contributed by atoms with E-state index in [1.807, 2.05) is 50.2 Å². The third-order valence-corrected chi connectivity index (χ3v) is 7.68. The Morgan fingerprint density at radius 3 is 2.64 bits per heavy atom. The maximum atomic E-state index is 13.5. The number of para-hydroxylation sites is 1. The summed E-state index contributed by atoms with van der Waals surface area (Å²) in [6, 6.07) is 11.8. The Hall–Kier alpha value is -2.57. The van der Waals surface area contributed by atoms with E-state index in [2.05, 4.69) is 11.8 Å². The van der Waals surface area contributed by atoms with Crippen molar-refractivity contribution in [2.24, 2.45) is 5.92 Å². The number of hydrogen-bond donors (Lipinski definition) is 1. The van der Waals surface area contributed by atoms with Crippen LogP contribution in [0.4, 0.5) is 0 Å². The second-order valence-electron chi connectivity index (χ2n) is 8.61. The van der Waals surface area contributed by atoms with Crippen LogP contribution in [0.15, 0.2) is 47.4 Å². The van der Waals surface area contributed by atoms with Crippen LogP contribution in [0, 0.1) is 17.8 Å². The van der Waals surface area contributed by atoms with E-state index < -0.39 is 16.1 Å². The molecule has 7 nitrogen and oxygen atoms in total. The van der Waals surface area contributed by atoms with Gasteiger partial charge in [0.25, 0.3) is 0 Å². The van der Waals surface area contributed by atoms with Crippen molar-refractivity contribution in [2.75, 3.05) is 40.9 Å². The van der Waals surface area contributed by atoms with Gasteiger partial charge in [0.05, 0.1) is 19.3 Å². The molecule has 0 unspecified atom stereocenters. The van der Waals surface area contributed by atoms with E-state index in [9.17, 15) is 13.5 Å². The van der Waals surface area contributed by atoms with Gasteiger partial charge in [0.2, 0.25) is 10.0 Å². The fraction of sp³-hybridized carbons (Fsp3) is 0.440. The van der Waals surface area contributed by atoms with Gasteiger partial charge in [-0.3, -0.25) is 0 Å². The Labute approximate surface area is 197 Å². The predicted octanol–water partition coefficient (Wildman–Crippen LogP) is 2.43. The number of fused-ring (bicyclic) bond motifs is 1. The van der Waals surface area contributed by atoms with Gasteiger partial charge in [-0.15, -0.1) is 0 Å². The van der Waals surface area contributed by atoms with Gasteiger partial charge < -0.3 is 19.5 Å². The summed E-state index contributed by atoms with van der Waals surface area (Å²) in [5.41, 5.74) is 1.37. The lowest BCUT2D eigenvalue weighted by atomic mass is 10.0. The van der Waals surface area contributed by atoms with Gasteiger partial charge in [-0.05, 0) is 51.4 Å². The lowest BCUT2D eigenvalue weighted by Gasteiger charge is -2.37. The molecule has 0 spiro atoms. The number of sulfonamides is 1. The zero-order chi connectivity index (χ0) is 24.2. The van der Waals surface area contributed by atoms with Crippen LogP contribution in [-0.4, -0.2) is 75.8 Å². The molecular weight excluding hydrogens is 440 g/mol. The molecule has 1 N–H and O–H groups in total. The summed E-state index contributed by atoms with van der Waals surface area (Å²) in [7, 11) is 1.63. The number of aliphatic hydroxyl groups excluding tert-OH is 1. The maximum absolute atomic E-state index is 13.5. The third kappa shape index (κ3) is 5.68. The number of aliphatic hydroxyl groups is 1. The third-order valence-electron chi connectivity index (χ3n) is 5.66. The number of rotatable bonds is 5. The van der Waals surface area contributed by atoms with Crippen LogP contribution in [0.2, 0.25) is 0 Å². The molecule has 33 heavy (non-hydrogen) atoms. The minimum absolute atomic E-state index is 0.0845. The molecule has 2 aromatic carbocycles. The first-order chi connectivity index (χ1) is 15.7. The smallest absolute Gasteiger partial charge is 0.247 e. The lowest BCUT2D eigenvalue weighted by Crippen LogP contribution is -2.49. The number of hydrogen-bond acceptors (Lipinski definition) is 6. The van der Waals surface area contributed by atoms with Crippen LogP contribution in [0.3, 0.4) is 0 Å². The van der Waals surface area contributed by atoms with Crippen LogP contribution >= 0.6 is 0 Å². The van der Waals surface area contributed by atoms with Gasteiger partial charge in [0.15, 0.2) is 0 Å². The van der Waals surface area contributed by atoms with Gasteiger partial charge in [-0.25, -0.2) is 8.42 Å². The van der Waals surface area contributed by atoms with E-state index in [1.54, 1.807) is 26.2 Å². The highest BCUT2D eigenvalue weighted by molar-refractivity contribution is 7.89. The molecule has 0 amide bonds. The summed E-state index contributed by atoms with van der Waals surface area (Å²) < 4.78 is 40.0. The van der Waals surface area contributed by atoms with Crippen LogP contribution in [0.5, 0.6) is 11.5 Å².